The molecule has 0 aromatic rings. The van der Waals surface area contributed by atoms with Crippen molar-refractivity contribution >= 4 is 29.7 Å². The third-order valence-electron chi connectivity index (χ3n) is 3.84. The van der Waals surface area contributed by atoms with Crippen LogP contribution in [0.2, 0.25) is 0 Å². The largest absolute Gasteiger partial charge is 0.481 e. The van der Waals surface area contributed by atoms with E-state index in [0.717, 1.165) is 0 Å². The van der Waals surface area contributed by atoms with Crippen LogP contribution in [0.15, 0.2) is 0 Å². The zero-order chi connectivity index (χ0) is 19.1. The highest BCUT2D eigenvalue weighted by atomic mass is 16.4. The second kappa shape index (κ2) is 8.97. The summed E-state index contributed by atoms with van der Waals surface area (Å²) in [6.07, 6.45) is -0.0925. The number of hydrogen-bond acceptors (Lipinski definition) is 6. The van der Waals surface area contributed by atoms with E-state index in [4.69, 9.17) is 21.7 Å². The summed E-state index contributed by atoms with van der Waals surface area (Å²) in [6, 6.07) is -3.47. The number of likely N-dealkylation sites (tertiary alicyclic amines) is 1. The Hall–Kier alpha value is -2.69. The molecule has 0 saturated carbocycles. The molecule has 1 fully saturated rings. The summed E-state index contributed by atoms with van der Waals surface area (Å²) in [5.41, 5.74) is 10.6. The van der Waals surface area contributed by atoms with Crippen LogP contribution in [0.25, 0.3) is 0 Å². The quantitative estimate of drug-likeness (QED) is 0.301. The molecule has 0 unspecified atom stereocenters. The van der Waals surface area contributed by atoms with Gasteiger partial charge in [0.2, 0.25) is 17.7 Å². The van der Waals surface area contributed by atoms with Crippen LogP contribution in [-0.4, -0.2) is 69.4 Å². The van der Waals surface area contributed by atoms with Crippen LogP contribution in [-0.2, 0) is 24.0 Å². The lowest BCUT2D eigenvalue weighted by atomic mass is 10.1. The van der Waals surface area contributed by atoms with Gasteiger partial charge in [-0.1, -0.05) is 0 Å². The third-order valence-corrected chi connectivity index (χ3v) is 3.84. The Labute approximate surface area is 143 Å². The molecule has 1 aliphatic heterocycles. The van der Waals surface area contributed by atoms with Gasteiger partial charge >= 0.3 is 11.9 Å². The summed E-state index contributed by atoms with van der Waals surface area (Å²) < 4.78 is 0. The molecule has 11 nitrogen and oxygen atoms in total. The predicted molar refractivity (Wildman–Crippen MR) is 83.0 cm³/mol. The number of nitrogens with one attached hydrogen (secondary N) is 1. The maximum absolute atomic E-state index is 12.3. The van der Waals surface area contributed by atoms with Gasteiger partial charge in [0.05, 0.1) is 12.5 Å². The highest BCUT2D eigenvalue weighted by Crippen LogP contribution is 2.19. The molecule has 0 aromatic carbocycles. The molecule has 1 aliphatic rings. The maximum atomic E-state index is 12.3. The molecule has 3 atom stereocenters. The normalized spacial score (nSPS) is 19.1. The summed E-state index contributed by atoms with van der Waals surface area (Å²) in [7, 11) is 0. The second-order valence-electron chi connectivity index (χ2n) is 5.80. The Morgan fingerprint density at radius 3 is 2.36 bits per heavy atom. The minimum atomic E-state index is -1.48. The number of nitrogens with zero attached hydrogens (tertiary/aromatic N) is 1. The number of carbonyl (C=O) groups is 5. The van der Waals surface area contributed by atoms with Crippen LogP contribution < -0.4 is 16.8 Å². The zero-order valence-corrected chi connectivity index (χ0v) is 13.5. The third kappa shape index (κ3) is 6.03. The van der Waals surface area contributed by atoms with Crippen LogP contribution in [0.4, 0.5) is 0 Å². The lowest BCUT2D eigenvalue weighted by Crippen LogP contribution is -2.54. The van der Waals surface area contributed by atoms with E-state index in [1.54, 1.807) is 0 Å². The van der Waals surface area contributed by atoms with Crippen LogP contribution in [0.1, 0.15) is 32.1 Å². The number of carbonyl (C=O) groups excluding carboxylic acids is 3. The van der Waals surface area contributed by atoms with E-state index in [1.807, 2.05) is 0 Å². The van der Waals surface area contributed by atoms with Gasteiger partial charge in [0, 0.05) is 13.0 Å². The minimum absolute atomic E-state index is 0.0710. The van der Waals surface area contributed by atoms with Crippen molar-refractivity contribution in [2.24, 2.45) is 11.5 Å². The number of carboxylic acid groups (broad SMARTS) is 2. The van der Waals surface area contributed by atoms with Gasteiger partial charge in [-0.2, -0.15) is 0 Å². The maximum Gasteiger partial charge on any atom is 0.326 e. The van der Waals surface area contributed by atoms with Crippen molar-refractivity contribution in [3.63, 3.8) is 0 Å². The summed E-state index contributed by atoms with van der Waals surface area (Å²) in [5.74, 6) is -4.68. The number of nitrogens with two attached hydrogens (primary N) is 2. The molecule has 0 aromatic heterocycles. The first-order valence-electron chi connectivity index (χ1n) is 7.72. The van der Waals surface area contributed by atoms with Gasteiger partial charge in [-0.15, -0.1) is 0 Å². The highest BCUT2D eigenvalue weighted by molar-refractivity contribution is 5.93. The van der Waals surface area contributed by atoms with E-state index in [2.05, 4.69) is 5.32 Å². The predicted octanol–water partition coefficient (Wildman–Crippen LogP) is -2.39. The second-order valence-corrected chi connectivity index (χ2v) is 5.80. The molecular weight excluding hydrogens is 336 g/mol. The van der Waals surface area contributed by atoms with Gasteiger partial charge in [0.15, 0.2) is 0 Å². The molecule has 1 saturated heterocycles. The molecular formula is C14H22N4O7. The Kier molecular flexibility index (Phi) is 7.30. The lowest BCUT2D eigenvalue weighted by molar-refractivity contribution is -0.145. The Morgan fingerprint density at radius 2 is 1.84 bits per heavy atom. The number of primary amides is 1. The molecule has 11 heteroatoms. The monoisotopic (exact) mass is 358 g/mol. The van der Waals surface area contributed by atoms with Gasteiger partial charge in [-0.3, -0.25) is 19.2 Å². The number of amides is 3. The topological polar surface area (TPSA) is 193 Å². The zero-order valence-electron chi connectivity index (χ0n) is 13.5. The smallest absolute Gasteiger partial charge is 0.326 e. The number of rotatable bonds is 9. The summed E-state index contributed by atoms with van der Waals surface area (Å²) in [5, 5.41) is 19.9. The Morgan fingerprint density at radius 1 is 1.20 bits per heavy atom. The molecule has 140 valence electrons. The average Bonchev–Trinajstić information content (AvgIpc) is 3.00. The number of hydrogen-bond donors (Lipinski definition) is 5. The molecule has 0 aliphatic carbocycles. The SMILES string of the molecule is NC(=O)C[C@H](NC(=O)[C@@H]1CCCN1C(=O)[C@@H](N)CCC(=O)O)C(=O)O. The minimum Gasteiger partial charge on any atom is -0.481 e. The first-order valence-corrected chi connectivity index (χ1v) is 7.72. The first-order chi connectivity index (χ1) is 11.6. The van der Waals surface area contributed by atoms with Crippen LogP contribution in [0.5, 0.6) is 0 Å². The fourth-order valence-electron chi connectivity index (χ4n) is 2.59. The fourth-order valence-corrected chi connectivity index (χ4v) is 2.59. The van der Waals surface area contributed by atoms with Crippen LogP contribution in [0.3, 0.4) is 0 Å². The van der Waals surface area contributed by atoms with Gasteiger partial charge in [-0.25, -0.2) is 4.79 Å². The van der Waals surface area contributed by atoms with E-state index in [-0.39, 0.29) is 19.4 Å². The van der Waals surface area contributed by atoms with E-state index in [9.17, 15) is 24.0 Å². The van der Waals surface area contributed by atoms with Crippen molar-refractivity contribution in [3.8, 4) is 0 Å². The van der Waals surface area contributed by atoms with Crippen molar-refractivity contribution in [2.75, 3.05) is 6.54 Å². The molecule has 25 heavy (non-hydrogen) atoms. The average molecular weight is 358 g/mol. The van der Waals surface area contributed by atoms with Crippen molar-refractivity contribution in [3.05, 3.63) is 0 Å². The van der Waals surface area contributed by atoms with E-state index < -0.39 is 54.2 Å². The van der Waals surface area contributed by atoms with Crippen molar-refractivity contribution in [2.45, 2.75) is 50.2 Å². The molecule has 1 heterocycles. The first kappa shape index (κ1) is 20.4. The number of carboxylic acids is 2. The van der Waals surface area contributed by atoms with Gasteiger partial charge in [-0.05, 0) is 19.3 Å². The van der Waals surface area contributed by atoms with Gasteiger partial charge in [0.1, 0.15) is 12.1 Å². The van der Waals surface area contributed by atoms with Gasteiger partial charge < -0.3 is 31.9 Å². The fraction of sp³-hybridized carbons (Fsp3) is 0.643. The van der Waals surface area contributed by atoms with Crippen molar-refractivity contribution in [1.29, 1.82) is 0 Å². The molecule has 0 radical (unpaired) electrons. The van der Waals surface area contributed by atoms with E-state index in [1.165, 1.54) is 4.90 Å². The molecule has 0 bridgehead atoms. The molecule has 0 spiro atoms. The summed E-state index contributed by atoms with van der Waals surface area (Å²) in [4.78, 5) is 58.3. The molecule has 3 amide bonds. The van der Waals surface area contributed by atoms with Crippen molar-refractivity contribution in [1.82, 2.24) is 10.2 Å². The van der Waals surface area contributed by atoms with Crippen LogP contribution in [0, 0.1) is 0 Å². The summed E-state index contributed by atoms with van der Waals surface area (Å²) in [6.45, 7) is 0.255. The lowest BCUT2D eigenvalue weighted by Gasteiger charge is -2.27. The van der Waals surface area contributed by atoms with Gasteiger partial charge in [0.25, 0.3) is 0 Å². The van der Waals surface area contributed by atoms with Crippen molar-refractivity contribution < 1.29 is 34.2 Å². The van der Waals surface area contributed by atoms with E-state index in [0.29, 0.717) is 12.8 Å². The number of aliphatic carboxylic acids is 2. The standard InChI is InChI=1S/C14H22N4O7/c15-7(3-4-11(20)21)13(23)18-5-1-2-9(18)12(22)17-8(14(24)25)6-10(16)19/h7-9H,1-6,15H2,(H2,16,19)(H,17,22)(H,20,21)(H,24,25)/t7-,8-,9-/m0/s1. The Bertz CT molecular complexity index is 565. The summed E-state index contributed by atoms with van der Waals surface area (Å²) >= 11 is 0. The molecule has 1 rings (SSSR count). The highest BCUT2D eigenvalue weighted by Gasteiger charge is 2.37. The van der Waals surface area contributed by atoms with Crippen LogP contribution >= 0.6 is 0 Å². The Balaban J connectivity index is 2.73. The molecule has 7 N–H and O–H groups in total. The van der Waals surface area contributed by atoms with E-state index >= 15 is 0 Å².